The lowest BCUT2D eigenvalue weighted by molar-refractivity contribution is -0.0155. The van der Waals surface area contributed by atoms with Crippen LogP contribution in [0.25, 0.3) is 10.8 Å². The quantitative estimate of drug-likeness (QED) is 0.674. The molecule has 0 saturated carbocycles. The van der Waals surface area contributed by atoms with Crippen LogP contribution in [0, 0.1) is 0 Å². The Morgan fingerprint density at radius 3 is 2.30 bits per heavy atom. The van der Waals surface area contributed by atoms with Crippen molar-refractivity contribution in [3.63, 3.8) is 0 Å². The number of hydroxylamine groups is 2. The number of halogens is 1. The van der Waals surface area contributed by atoms with Crippen molar-refractivity contribution in [1.82, 2.24) is 5.06 Å². The average molecular weight is 404 g/mol. The number of carbonyl (C=O) groups excluding carboxylic acids is 2. The molecule has 0 aliphatic carbocycles. The van der Waals surface area contributed by atoms with E-state index in [4.69, 9.17) is 15.9 Å². The van der Waals surface area contributed by atoms with Crippen molar-refractivity contribution in [2.24, 2.45) is 0 Å². The Morgan fingerprint density at radius 1 is 0.926 bits per heavy atom. The number of amides is 2. The van der Waals surface area contributed by atoms with Crippen LogP contribution >= 0.6 is 11.6 Å². The molecular formula is C18H10ClNO6S. The van der Waals surface area contributed by atoms with Crippen LogP contribution in [0.3, 0.4) is 0 Å². The predicted molar refractivity (Wildman–Crippen MR) is 95.8 cm³/mol. The number of aromatic hydroxyl groups is 1. The van der Waals surface area contributed by atoms with Crippen molar-refractivity contribution in [2.75, 3.05) is 0 Å². The first kappa shape index (κ1) is 17.5. The van der Waals surface area contributed by atoms with Gasteiger partial charge in [0.05, 0.1) is 16.0 Å². The maximum atomic E-state index is 12.7. The molecule has 0 fully saturated rings. The molecule has 1 N–H and O–H groups in total. The Balaban J connectivity index is 1.81. The van der Waals surface area contributed by atoms with E-state index in [0.717, 1.165) is 6.07 Å². The molecule has 0 bridgehead atoms. The molecule has 4 rings (SSSR count). The molecule has 9 heteroatoms. The Kier molecular flexibility index (Phi) is 3.92. The molecule has 0 radical (unpaired) electrons. The fourth-order valence-corrected chi connectivity index (χ4v) is 3.89. The summed E-state index contributed by atoms with van der Waals surface area (Å²) in [6.45, 7) is 0. The molecule has 136 valence electrons. The minimum Gasteiger partial charge on any atom is -0.508 e. The highest BCUT2D eigenvalue weighted by Gasteiger charge is 2.38. The second kappa shape index (κ2) is 6.05. The number of nitrogens with zero attached hydrogens (tertiary/aromatic N) is 1. The van der Waals surface area contributed by atoms with Gasteiger partial charge in [-0.2, -0.15) is 8.42 Å². The van der Waals surface area contributed by atoms with Gasteiger partial charge in [0.15, 0.2) is 0 Å². The molecule has 2 amide bonds. The lowest BCUT2D eigenvalue weighted by Gasteiger charge is -2.25. The molecule has 3 aromatic carbocycles. The molecule has 1 heterocycles. The number of rotatable bonds is 3. The maximum Gasteiger partial charge on any atom is 0.318 e. The number of phenolic OH excluding ortho intramolecular Hbond substituents is 1. The van der Waals surface area contributed by atoms with Gasteiger partial charge in [-0.05, 0) is 47.9 Å². The average Bonchev–Trinajstić information content (AvgIpc) is 2.63. The van der Waals surface area contributed by atoms with Crippen molar-refractivity contribution in [2.45, 2.75) is 4.90 Å². The van der Waals surface area contributed by atoms with E-state index in [9.17, 15) is 23.1 Å². The Morgan fingerprint density at radius 2 is 1.59 bits per heavy atom. The number of phenols is 1. The Bertz CT molecular complexity index is 1220. The lowest BCUT2D eigenvalue weighted by Crippen LogP contribution is -2.41. The largest absolute Gasteiger partial charge is 0.508 e. The minimum absolute atomic E-state index is 0.0356. The third-order valence-electron chi connectivity index (χ3n) is 4.07. The highest BCUT2D eigenvalue weighted by atomic mass is 35.5. The molecule has 27 heavy (non-hydrogen) atoms. The fraction of sp³-hybridized carbons (Fsp3) is 0. The van der Waals surface area contributed by atoms with Crippen LogP contribution in [-0.2, 0) is 14.4 Å². The highest BCUT2D eigenvalue weighted by molar-refractivity contribution is 7.86. The summed E-state index contributed by atoms with van der Waals surface area (Å²) in [7, 11) is -4.46. The van der Waals surface area contributed by atoms with Crippen LogP contribution in [0.15, 0.2) is 59.5 Å². The van der Waals surface area contributed by atoms with Gasteiger partial charge in [-0.3, -0.25) is 9.59 Å². The van der Waals surface area contributed by atoms with Crippen molar-refractivity contribution < 1.29 is 27.4 Å². The van der Waals surface area contributed by atoms with E-state index in [1.807, 2.05) is 0 Å². The van der Waals surface area contributed by atoms with Gasteiger partial charge in [0.25, 0.3) is 11.8 Å². The fourth-order valence-electron chi connectivity index (χ4n) is 2.88. The molecule has 1 aliphatic heterocycles. The number of hydrogen-bond acceptors (Lipinski definition) is 6. The summed E-state index contributed by atoms with van der Waals surface area (Å²) in [6.07, 6.45) is 0. The topological polar surface area (TPSA) is 101 Å². The van der Waals surface area contributed by atoms with E-state index in [2.05, 4.69) is 0 Å². The number of imide groups is 1. The maximum absolute atomic E-state index is 12.7. The van der Waals surface area contributed by atoms with Crippen molar-refractivity contribution >= 4 is 44.3 Å². The van der Waals surface area contributed by atoms with Gasteiger partial charge in [-0.25, -0.2) is 0 Å². The summed E-state index contributed by atoms with van der Waals surface area (Å²) in [5, 5.41) is 11.1. The summed E-state index contributed by atoms with van der Waals surface area (Å²) in [6, 6.07) is 12.3. The standard InChI is InChI=1S/C18H10ClNO6S/c19-11-4-6-13(7-5-11)27(24,25)26-20-17(22)14-3-1-2-10-8-12(21)9-15(16(10)14)18(20)23/h1-9,21H. The summed E-state index contributed by atoms with van der Waals surface area (Å²) in [4.78, 5) is 25.1. The minimum atomic E-state index is -4.46. The highest BCUT2D eigenvalue weighted by Crippen LogP contribution is 2.34. The normalized spacial score (nSPS) is 14.0. The van der Waals surface area contributed by atoms with Gasteiger partial charge in [-0.1, -0.05) is 23.7 Å². The first-order chi connectivity index (χ1) is 12.8. The molecule has 0 unspecified atom stereocenters. The van der Waals surface area contributed by atoms with Gasteiger partial charge in [0, 0.05) is 10.4 Å². The third kappa shape index (κ3) is 2.84. The van der Waals surface area contributed by atoms with Gasteiger partial charge < -0.3 is 5.11 Å². The Hall–Kier alpha value is -2.94. The number of benzene rings is 3. The van der Waals surface area contributed by atoms with Crippen LogP contribution in [0.5, 0.6) is 5.75 Å². The van der Waals surface area contributed by atoms with Gasteiger partial charge in [0.1, 0.15) is 5.75 Å². The van der Waals surface area contributed by atoms with Crippen molar-refractivity contribution in [3.8, 4) is 5.75 Å². The zero-order valence-corrected chi connectivity index (χ0v) is 15.0. The van der Waals surface area contributed by atoms with Crippen molar-refractivity contribution in [1.29, 1.82) is 0 Å². The van der Waals surface area contributed by atoms with Crippen LogP contribution in [-0.4, -0.2) is 30.4 Å². The molecular weight excluding hydrogens is 394 g/mol. The summed E-state index contributed by atoms with van der Waals surface area (Å²) < 4.78 is 29.8. The third-order valence-corrected chi connectivity index (χ3v) is 5.51. The first-order valence-corrected chi connectivity index (χ1v) is 9.41. The molecule has 0 atom stereocenters. The molecule has 0 spiro atoms. The van der Waals surface area contributed by atoms with Gasteiger partial charge in [0.2, 0.25) is 0 Å². The van der Waals surface area contributed by atoms with Crippen LogP contribution in [0.1, 0.15) is 20.7 Å². The van der Waals surface area contributed by atoms with Crippen LogP contribution < -0.4 is 0 Å². The lowest BCUT2D eigenvalue weighted by atomic mass is 9.95. The smallest absolute Gasteiger partial charge is 0.318 e. The monoisotopic (exact) mass is 403 g/mol. The van der Waals surface area contributed by atoms with Gasteiger partial charge in [-0.15, -0.1) is 9.35 Å². The molecule has 1 aliphatic rings. The van der Waals surface area contributed by atoms with Crippen LogP contribution in [0.2, 0.25) is 5.02 Å². The summed E-state index contributed by atoms with van der Waals surface area (Å²) in [5.74, 6) is -2.10. The molecule has 7 nitrogen and oxygen atoms in total. The second-order valence-electron chi connectivity index (χ2n) is 5.78. The SMILES string of the molecule is O=C1c2cccc3cc(O)cc(c23)C(=O)N1OS(=O)(=O)c1ccc(Cl)cc1. The number of carbonyl (C=O) groups is 2. The molecule has 0 aromatic heterocycles. The first-order valence-electron chi connectivity index (χ1n) is 7.62. The second-order valence-corrected chi connectivity index (χ2v) is 7.75. The predicted octanol–water partition coefficient (Wildman–Crippen LogP) is 3.12. The van der Waals surface area contributed by atoms with E-state index in [1.54, 1.807) is 12.1 Å². The van der Waals surface area contributed by atoms with E-state index in [1.165, 1.54) is 36.4 Å². The Labute approximate surface area is 158 Å². The summed E-state index contributed by atoms with van der Waals surface area (Å²) in [5.41, 5.74) is 0.0555. The van der Waals surface area contributed by atoms with Gasteiger partial charge >= 0.3 is 10.1 Å². The van der Waals surface area contributed by atoms with Crippen LogP contribution in [0.4, 0.5) is 0 Å². The van der Waals surface area contributed by atoms with Crippen molar-refractivity contribution in [3.05, 3.63) is 70.7 Å². The molecule has 0 saturated heterocycles. The zero-order chi connectivity index (χ0) is 19.3. The van der Waals surface area contributed by atoms with E-state index >= 15 is 0 Å². The number of hydrogen-bond donors (Lipinski definition) is 1. The van der Waals surface area contributed by atoms with E-state index in [0.29, 0.717) is 15.8 Å². The van der Waals surface area contributed by atoms with E-state index < -0.39 is 21.9 Å². The molecule has 3 aromatic rings. The summed E-state index contributed by atoms with van der Waals surface area (Å²) >= 11 is 5.74. The van der Waals surface area contributed by atoms with E-state index in [-0.39, 0.29) is 26.8 Å². The zero-order valence-electron chi connectivity index (χ0n) is 13.4.